The lowest BCUT2D eigenvalue weighted by atomic mass is 10.0. The Balaban J connectivity index is 1.61. The summed E-state index contributed by atoms with van der Waals surface area (Å²) in [6.07, 6.45) is 7.85. The third-order valence-electron chi connectivity index (χ3n) is 5.03. The van der Waals surface area contributed by atoms with Gasteiger partial charge >= 0.3 is 0 Å². The maximum atomic E-state index is 12.3. The van der Waals surface area contributed by atoms with Crippen LogP contribution in [-0.4, -0.2) is 30.6 Å². The maximum absolute atomic E-state index is 12.3. The Morgan fingerprint density at radius 1 is 1.03 bits per heavy atom. The quantitative estimate of drug-likeness (QED) is 0.176. The molecule has 156 valence electrons. The van der Waals surface area contributed by atoms with Gasteiger partial charge in [0.2, 0.25) is 5.78 Å². The smallest absolute Gasteiger partial charge is 0.226 e. The van der Waals surface area contributed by atoms with Gasteiger partial charge < -0.3 is 15.4 Å². The van der Waals surface area contributed by atoms with E-state index in [0.29, 0.717) is 17.8 Å². The number of aromatic nitrogens is 4. The molecule has 0 saturated heterocycles. The number of H-pyrrole nitrogens is 1. The van der Waals surface area contributed by atoms with Crippen LogP contribution in [0.15, 0.2) is 79.4 Å². The number of nitrogens with two attached hydrogens (primary N) is 1. The van der Waals surface area contributed by atoms with Crippen molar-refractivity contribution in [3.8, 4) is 0 Å². The number of aliphatic hydroxyl groups is 1. The second-order valence-corrected chi connectivity index (χ2v) is 7.32. The van der Waals surface area contributed by atoms with E-state index in [1.165, 1.54) is 18.0 Å². The number of benzene rings is 2. The molecule has 2 aromatic heterocycles. The topological polar surface area (TPSA) is 110 Å². The number of allylic oxidation sites excluding steroid dienone is 1. The van der Waals surface area contributed by atoms with Crippen molar-refractivity contribution in [2.24, 2.45) is 0 Å². The predicted octanol–water partition coefficient (Wildman–Crippen LogP) is 3.80. The number of carbonyl (C=O) groups is 1. The summed E-state index contributed by atoms with van der Waals surface area (Å²) in [5, 5.41) is 16.9. The average molecular weight is 413 g/mol. The average Bonchev–Trinajstić information content (AvgIpc) is 3.45. The number of anilines is 1. The van der Waals surface area contributed by atoms with Crippen LogP contribution in [0.2, 0.25) is 0 Å². The zero-order valence-electron chi connectivity index (χ0n) is 16.9. The minimum Gasteiger partial charge on any atom is -0.507 e. The molecular weight excluding hydrogens is 390 g/mol. The molecule has 7 nitrogen and oxygen atoms in total. The normalized spacial score (nSPS) is 11.5. The Kier molecular flexibility index (Phi) is 5.93. The van der Waals surface area contributed by atoms with Crippen molar-refractivity contribution in [1.29, 1.82) is 0 Å². The van der Waals surface area contributed by atoms with Crippen LogP contribution in [0, 0.1) is 0 Å². The molecule has 0 radical (unpaired) electrons. The summed E-state index contributed by atoms with van der Waals surface area (Å²) in [5.74, 6) is -0.450. The van der Waals surface area contributed by atoms with Gasteiger partial charge in [0.05, 0.1) is 0 Å². The number of hydrogen-bond acceptors (Lipinski definition) is 5. The first-order chi connectivity index (χ1) is 15.1. The SMILES string of the molecule is Nc1ccc(Cn2cc(CCc3ccccc3)c(C(O)=CC(=O)c3ncn[nH]3)c2)cc1. The fraction of sp³-hybridized carbons (Fsp3) is 0.125. The number of rotatable bonds is 8. The summed E-state index contributed by atoms with van der Waals surface area (Å²) in [6.45, 7) is 0.627. The van der Waals surface area contributed by atoms with E-state index < -0.39 is 5.78 Å². The summed E-state index contributed by atoms with van der Waals surface area (Å²) in [4.78, 5) is 16.2. The Labute approximate surface area is 179 Å². The number of aliphatic hydroxyl groups excluding tert-OH is 1. The van der Waals surface area contributed by atoms with Gasteiger partial charge in [-0.15, -0.1) is 0 Å². The van der Waals surface area contributed by atoms with Gasteiger partial charge in [0.1, 0.15) is 12.1 Å². The molecule has 0 saturated carbocycles. The van der Waals surface area contributed by atoms with Crippen molar-refractivity contribution < 1.29 is 9.90 Å². The van der Waals surface area contributed by atoms with Gasteiger partial charge in [0.15, 0.2) is 5.82 Å². The first kappa shape index (κ1) is 20.2. The van der Waals surface area contributed by atoms with Gasteiger partial charge in [0, 0.05) is 36.3 Å². The Morgan fingerprint density at radius 3 is 2.52 bits per heavy atom. The molecular formula is C24H23N5O2. The van der Waals surface area contributed by atoms with Crippen LogP contribution >= 0.6 is 0 Å². The highest BCUT2D eigenvalue weighted by atomic mass is 16.3. The highest BCUT2D eigenvalue weighted by Gasteiger charge is 2.15. The van der Waals surface area contributed by atoms with Crippen molar-refractivity contribution in [3.63, 3.8) is 0 Å². The van der Waals surface area contributed by atoms with Gasteiger partial charge in [-0.1, -0.05) is 42.5 Å². The largest absolute Gasteiger partial charge is 0.507 e. The third-order valence-corrected chi connectivity index (χ3v) is 5.03. The third kappa shape index (κ3) is 5.08. The van der Waals surface area contributed by atoms with Crippen LogP contribution in [0.1, 0.15) is 32.9 Å². The van der Waals surface area contributed by atoms with Crippen molar-refractivity contribution >= 4 is 17.2 Å². The standard InChI is InChI=1S/C24H23N5O2/c25-20-10-7-18(8-11-20)13-29-14-19(9-6-17-4-2-1-3-5-17)21(15-29)22(30)12-23(31)24-26-16-27-28-24/h1-5,7-8,10-12,14-16,30H,6,9,13,25H2,(H,26,27,28). The van der Waals surface area contributed by atoms with E-state index in [2.05, 4.69) is 27.3 Å². The monoisotopic (exact) mass is 413 g/mol. The number of nitrogens with one attached hydrogen (secondary N) is 1. The van der Waals surface area contributed by atoms with Crippen LogP contribution in [0.5, 0.6) is 0 Å². The molecule has 4 N–H and O–H groups in total. The van der Waals surface area contributed by atoms with Gasteiger partial charge in [-0.25, -0.2) is 4.98 Å². The second kappa shape index (κ2) is 9.13. The van der Waals surface area contributed by atoms with Crippen molar-refractivity contribution in [3.05, 3.63) is 107 Å². The van der Waals surface area contributed by atoms with Gasteiger partial charge in [0.25, 0.3) is 0 Å². The van der Waals surface area contributed by atoms with Crippen LogP contribution in [0.3, 0.4) is 0 Å². The lowest BCUT2D eigenvalue weighted by molar-refractivity contribution is 0.103. The maximum Gasteiger partial charge on any atom is 0.226 e. The van der Waals surface area contributed by atoms with Crippen LogP contribution in [0.25, 0.3) is 5.76 Å². The summed E-state index contributed by atoms with van der Waals surface area (Å²) in [5.41, 5.74) is 10.4. The highest BCUT2D eigenvalue weighted by molar-refractivity contribution is 6.05. The van der Waals surface area contributed by atoms with E-state index in [1.54, 1.807) is 0 Å². The molecule has 7 heteroatoms. The molecule has 2 heterocycles. The van der Waals surface area contributed by atoms with Crippen LogP contribution in [0.4, 0.5) is 5.69 Å². The summed E-state index contributed by atoms with van der Waals surface area (Å²) in [7, 11) is 0. The van der Waals surface area contributed by atoms with E-state index >= 15 is 0 Å². The molecule has 4 rings (SSSR count). The highest BCUT2D eigenvalue weighted by Crippen LogP contribution is 2.22. The van der Waals surface area contributed by atoms with Crippen LogP contribution in [-0.2, 0) is 19.4 Å². The number of nitrogen functional groups attached to an aromatic ring is 1. The number of ketones is 1. The number of carbonyl (C=O) groups excluding carboxylic acids is 1. The molecule has 0 aliphatic carbocycles. The predicted molar refractivity (Wildman–Crippen MR) is 120 cm³/mol. The van der Waals surface area contributed by atoms with E-state index in [9.17, 15) is 9.90 Å². The number of hydrogen-bond donors (Lipinski definition) is 3. The number of nitrogens with zero attached hydrogens (tertiary/aromatic N) is 3. The van der Waals surface area contributed by atoms with Crippen molar-refractivity contribution in [1.82, 2.24) is 19.7 Å². The summed E-state index contributed by atoms with van der Waals surface area (Å²) in [6, 6.07) is 17.8. The van der Waals surface area contributed by atoms with Crippen molar-refractivity contribution in [2.75, 3.05) is 5.73 Å². The molecule has 0 atom stereocenters. The second-order valence-electron chi connectivity index (χ2n) is 7.32. The number of aryl methyl sites for hydroxylation is 2. The Hall–Kier alpha value is -4.13. The first-order valence-corrected chi connectivity index (χ1v) is 9.96. The molecule has 0 aliphatic rings. The molecule has 0 amide bonds. The molecule has 31 heavy (non-hydrogen) atoms. The van der Waals surface area contributed by atoms with Gasteiger partial charge in [-0.05, 0) is 41.7 Å². The number of aromatic amines is 1. The Bertz CT molecular complexity index is 1180. The molecule has 0 bridgehead atoms. The molecule has 4 aromatic rings. The van der Waals surface area contributed by atoms with E-state index in [1.807, 2.05) is 59.4 Å². The zero-order chi connectivity index (χ0) is 21.6. The van der Waals surface area contributed by atoms with Crippen molar-refractivity contribution in [2.45, 2.75) is 19.4 Å². The van der Waals surface area contributed by atoms with E-state index in [4.69, 9.17) is 5.73 Å². The molecule has 0 fully saturated rings. The van der Waals surface area contributed by atoms with E-state index in [-0.39, 0.29) is 11.6 Å². The molecule has 0 spiro atoms. The molecule has 2 aromatic carbocycles. The summed E-state index contributed by atoms with van der Waals surface area (Å²) < 4.78 is 2.00. The Morgan fingerprint density at radius 2 is 1.81 bits per heavy atom. The lowest BCUT2D eigenvalue weighted by Gasteiger charge is -2.04. The zero-order valence-corrected chi connectivity index (χ0v) is 16.9. The van der Waals surface area contributed by atoms with Gasteiger partial charge in [-0.3, -0.25) is 9.89 Å². The molecule has 0 unspecified atom stereocenters. The minimum absolute atomic E-state index is 0.0821. The fourth-order valence-electron chi connectivity index (χ4n) is 3.43. The van der Waals surface area contributed by atoms with Crippen LogP contribution < -0.4 is 5.73 Å². The molecule has 0 aliphatic heterocycles. The lowest BCUT2D eigenvalue weighted by Crippen LogP contribution is -2.00. The van der Waals surface area contributed by atoms with Gasteiger partial charge in [-0.2, -0.15) is 5.10 Å². The first-order valence-electron chi connectivity index (χ1n) is 9.96. The van der Waals surface area contributed by atoms with E-state index in [0.717, 1.165) is 24.0 Å². The minimum atomic E-state index is -0.435. The fourth-order valence-corrected chi connectivity index (χ4v) is 3.43. The summed E-state index contributed by atoms with van der Waals surface area (Å²) >= 11 is 0.